The Morgan fingerprint density at radius 2 is 2.19 bits per heavy atom. The summed E-state index contributed by atoms with van der Waals surface area (Å²) in [5.74, 6) is -0.602. The third-order valence-electron chi connectivity index (χ3n) is 3.49. The first kappa shape index (κ1) is 16.7. The third-order valence-corrected chi connectivity index (χ3v) is 5.56. The topological polar surface area (TPSA) is 61.4 Å². The van der Waals surface area contributed by atoms with Crippen molar-refractivity contribution in [2.24, 2.45) is 0 Å². The first-order valence-corrected chi connectivity index (χ1v) is 9.06. The summed E-state index contributed by atoms with van der Waals surface area (Å²) >= 11 is 3.15. The van der Waals surface area contributed by atoms with Gasteiger partial charge in [-0.1, -0.05) is 22.4 Å². The maximum atomic E-state index is 13.8. The zero-order valence-electron chi connectivity index (χ0n) is 11.8. The molecule has 21 heavy (non-hydrogen) atoms. The fourth-order valence-corrected chi connectivity index (χ4v) is 4.34. The number of anilines is 1. The first-order valence-electron chi connectivity index (χ1n) is 6.83. The SMILES string of the molecule is CNCC1CCCCN1S(=O)(=O)Nc1ccc(Br)cc1F. The molecule has 1 fully saturated rings. The summed E-state index contributed by atoms with van der Waals surface area (Å²) in [5.41, 5.74) is -0.0352. The van der Waals surface area contributed by atoms with Gasteiger partial charge < -0.3 is 5.32 Å². The van der Waals surface area contributed by atoms with Gasteiger partial charge in [0.15, 0.2) is 0 Å². The van der Waals surface area contributed by atoms with Crippen molar-refractivity contribution in [1.29, 1.82) is 0 Å². The Morgan fingerprint density at radius 1 is 1.43 bits per heavy atom. The highest BCUT2D eigenvalue weighted by atomic mass is 79.9. The maximum absolute atomic E-state index is 13.8. The van der Waals surface area contributed by atoms with Gasteiger partial charge in [-0.3, -0.25) is 4.72 Å². The van der Waals surface area contributed by atoms with Crippen molar-refractivity contribution >= 4 is 31.8 Å². The Bertz CT molecular complexity index is 595. The minimum Gasteiger partial charge on any atom is -0.318 e. The number of hydrogen-bond donors (Lipinski definition) is 2. The number of benzene rings is 1. The predicted octanol–water partition coefficient (Wildman–Crippen LogP) is 2.32. The van der Waals surface area contributed by atoms with Crippen LogP contribution in [-0.2, 0) is 10.2 Å². The highest BCUT2D eigenvalue weighted by molar-refractivity contribution is 9.10. The zero-order chi connectivity index (χ0) is 15.5. The van der Waals surface area contributed by atoms with E-state index in [9.17, 15) is 12.8 Å². The molecule has 1 aliphatic rings. The normalized spacial score (nSPS) is 20.4. The molecule has 1 aliphatic heterocycles. The summed E-state index contributed by atoms with van der Waals surface area (Å²) in [6, 6.07) is 4.15. The number of piperidine rings is 1. The molecule has 8 heteroatoms. The first-order chi connectivity index (χ1) is 9.94. The number of halogens is 2. The van der Waals surface area contributed by atoms with E-state index in [1.165, 1.54) is 16.4 Å². The highest BCUT2D eigenvalue weighted by Crippen LogP contribution is 2.24. The molecule has 0 radical (unpaired) electrons. The number of likely N-dealkylation sites (N-methyl/N-ethyl adjacent to an activating group) is 1. The predicted molar refractivity (Wildman–Crippen MR) is 84.9 cm³/mol. The van der Waals surface area contributed by atoms with Gasteiger partial charge in [-0.15, -0.1) is 0 Å². The summed E-state index contributed by atoms with van der Waals surface area (Å²) in [6.07, 6.45) is 2.64. The summed E-state index contributed by atoms with van der Waals surface area (Å²) in [5, 5.41) is 3.01. The molecule has 1 saturated heterocycles. The van der Waals surface area contributed by atoms with Gasteiger partial charge in [0.05, 0.1) is 5.69 Å². The smallest absolute Gasteiger partial charge is 0.302 e. The molecule has 5 nitrogen and oxygen atoms in total. The van der Waals surface area contributed by atoms with Crippen LogP contribution in [0.5, 0.6) is 0 Å². The van der Waals surface area contributed by atoms with Crippen LogP contribution in [0.2, 0.25) is 0 Å². The fraction of sp³-hybridized carbons (Fsp3) is 0.538. The van der Waals surface area contributed by atoms with Crippen LogP contribution in [0.4, 0.5) is 10.1 Å². The number of nitrogens with one attached hydrogen (secondary N) is 2. The second-order valence-corrected chi connectivity index (χ2v) is 7.59. The number of nitrogens with zero attached hydrogens (tertiary/aromatic N) is 1. The van der Waals surface area contributed by atoms with Crippen LogP contribution in [0.15, 0.2) is 22.7 Å². The molecule has 1 aromatic rings. The molecule has 0 saturated carbocycles. The number of rotatable bonds is 5. The quantitative estimate of drug-likeness (QED) is 0.824. The fourth-order valence-electron chi connectivity index (χ4n) is 2.50. The van der Waals surface area contributed by atoms with E-state index in [0.29, 0.717) is 17.6 Å². The van der Waals surface area contributed by atoms with Crippen LogP contribution in [0.1, 0.15) is 19.3 Å². The maximum Gasteiger partial charge on any atom is 0.302 e. The van der Waals surface area contributed by atoms with Crippen LogP contribution >= 0.6 is 15.9 Å². The molecule has 2 rings (SSSR count). The number of hydrogen-bond acceptors (Lipinski definition) is 3. The molecule has 2 N–H and O–H groups in total. The molecule has 1 unspecified atom stereocenters. The van der Waals surface area contributed by atoms with Gasteiger partial charge in [-0.25, -0.2) is 4.39 Å². The average Bonchev–Trinajstić information content (AvgIpc) is 2.43. The van der Waals surface area contributed by atoms with E-state index in [4.69, 9.17) is 0 Å². The molecular formula is C13H19BrFN3O2S. The molecule has 118 valence electrons. The molecule has 1 heterocycles. The zero-order valence-corrected chi connectivity index (χ0v) is 14.2. The van der Waals surface area contributed by atoms with Crippen molar-refractivity contribution < 1.29 is 12.8 Å². The van der Waals surface area contributed by atoms with E-state index in [2.05, 4.69) is 26.0 Å². The lowest BCUT2D eigenvalue weighted by atomic mass is 10.1. The highest BCUT2D eigenvalue weighted by Gasteiger charge is 2.32. The van der Waals surface area contributed by atoms with E-state index < -0.39 is 16.0 Å². The summed E-state index contributed by atoms with van der Waals surface area (Å²) < 4.78 is 43.1. The van der Waals surface area contributed by atoms with Crippen molar-refractivity contribution in [3.63, 3.8) is 0 Å². The second kappa shape index (κ2) is 7.04. The van der Waals surface area contributed by atoms with Gasteiger partial charge in [0.2, 0.25) is 0 Å². The van der Waals surface area contributed by atoms with Crippen molar-refractivity contribution in [1.82, 2.24) is 9.62 Å². The van der Waals surface area contributed by atoms with E-state index in [1.54, 1.807) is 13.1 Å². The van der Waals surface area contributed by atoms with E-state index >= 15 is 0 Å². The average molecular weight is 380 g/mol. The summed E-state index contributed by atoms with van der Waals surface area (Å²) in [6.45, 7) is 1.05. The molecule has 0 spiro atoms. The lowest BCUT2D eigenvalue weighted by Gasteiger charge is -2.34. The van der Waals surface area contributed by atoms with Crippen LogP contribution in [-0.4, -0.2) is 38.9 Å². The van der Waals surface area contributed by atoms with Crippen molar-refractivity contribution in [3.05, 3.63) is 28.5 Å². The van der Waals surface area contributed by atoms with E-state index in [-0.39, 0.29) is 11.7 Å². The standard InChI is InChI=1S/C13H19BrFN3O2S/c1-16-9-11-4-2-3-7-18(11)21(19,20)17-13-6-5-10(14)8-12(13)15/h5-6,8,11,16-17H,2-4,7,9H2,1H3. The van der Waals surface area contributed by atoms with Crippen molar-refractivity contribution in [3.8, 4) is 0 Å². The Balaban J connectivity index is 2.20. The Kier molecular flexibility index (Phi) is 5.59. The van der Waals surface area contributed by atoms with Gasteiger partial charge in [-0.2, -0.15) is 12.7 Å². The Hall–Kier alpha value is -0.700. The largest absolute Gasteiger partial charge is 0.318 e. The van der Waals surface area contributed by atoms with Crippen LogP contribution < -0.4 is 10.0 Å². The van der Waals surface area contributed by atoms with Crippen molar-refractivity contribution in [2.75, 3.05) is 24.9 Å². The molecule has 0 aliphatic carbocycles. The summed E-state index contributed by atoms with van der Waals surface area (Å²) in [7, 11) is -1.96. The lowest BCUT2D eigenvalue weighted by molar-refractivity contribution is 0.250. The van der Waals surface area contributed by atoms with E-state index in [1.807, 2.05) is 0 Å². The van der Waals surface area contributed by atoms with Crippen LogP contribution in [0, 0.1) is 5.82 Å². The lowest BCUT2D eigenvalue weighted by Crippen LogP contribution is -2.50. The van der Waals surface area contributed by atoms with Gasteiger partial charge in [0, 0.05) is 23.6 Å². The van der Waals surface area contributed by atoms with Gasteiger partial charge in [0.1, 0.15) is 5.82 Å². The molecule has 0 bridgehead atoms. The van der Waals surface area contributed by atoms with Crippen molar-refractivity contribution in [2.45, 2.75) is 25.3 Å². The van der Waals surface area contributed by atoms with Crippen LogP contribution in [0.25, 0.3) is 0 Å². The third kappa shape index (κ3) is 4.15. The molecule has 1 aromatic carbocycles. The molecule has 0 aromatic heterocycles. The molecule has 0 amide bonds. The Morgan fingerprint density at radius 3 is 2.86 bits per heavy atom. The van der Waals surface area contributed by atoms with E-state index in [0.717, 1.165) is 19.3 Å². The Labute approximate surface area is 133 Å². The minimum atomic E-state index is -3.76. The van der Waals surface area contributed by atoms with Gasteiger partial charge in [-0.05, 0) is 38.1 Å². The second-order valence-electron chi connectivity index (χ2n) is 5.05. The van der Waals surface area contributed by atoms with Gasteiger partial charge in [0.25, 0.3) is 0 Å². The van der Waals surface area contributed by atoms with Crippen LogP contribution in [0.3, 0.4) is 0 Å². The summed E-state index contributed by atoms with van der Waals surface area (Å²) in [4.78, 5) is 0. The molecule has 1 atom stereocenters. The molecular weight excluding hydrogens is 361 g/mol. The van der Waals surface area contributed by atoms with Gasteiger partial charge >= 0.3 is 10.2 Å². The monoisotopic (exact) mass is 379 g/mol. The minimum absolute atomic E-state index is 0.0352.